The molecule has 5 heteroatoms. The normalized spacial score (nSPS) is 11.8. The van der Waals surface area contributed by atoms with Crippen molar-refractivity contribution < 1.29 is 4.79 Å². The molecular weight excluding hydrogens is 240 g/mol. The first-order chi connectivity index (χ1) is 9.15. The van der Waals surface area contributed by atoms with Gasteiger partial charge in [-0.05, 0) is 31.2 Å². The minimum atomic E-state index is -0.123. The fourth-order valence-electron chi connectivity index (χ4n) is 1.70. The molecule has 0 saturated heterocycles. The van der Waals surface area contributed by atoms with Gasteiger partial charge in [0.15, 0.2) is 0 Å². The summed E-state index contributed by atoms with van der Waals surface area (Å²) in [7, 11) is 0. The van der Waals surface area contributed by atoms with Crippen LogP contribution in [0.4, 0.5) is 5.69 Å². The van der Waals surface area contributed by atoms with Crippen molar-refractivity contribution in [1.82, 2.24) is 15.3 Å². The molecule has 0 aliphatic heterocycles. The molecule has 0 aliphatic carbocycles. The van der Waals surface area contributed by atoms with Crippen LogP contribution < -0.4 is 11.1 Å². The van der Waals surface area contributed by atoms with Crippen LogP contribution in [0.3, 0.4) is 0 Å². The standard InChI is InChI=1S/C14H16N4O/c1-10(13-4-2-3-7-16-13)18-14(19)8-12-6-5-11(15)9-17-12/h2-7,9-10H,8,15H2,1H3,(H,18,19)/t10-/m1/s1. The zero-order chi connectivity index (χ0) is 13.7. The molecule has 0 unspecified atom stereocenters. The van der Waals surface area contributed by atoms with E-state index in [0.717, 1.165) is 5.69 Å². The van der Waals surface area contributed by atoms with Crippen LogP contribution in [0.15, 0.2) is 42.7 Å². The highest BCUT2D eigenvalue weighted by molar-refractivity contribution is 5.78. The molecule has 3 N–H and O–H groups in total. The van der Waals surface area contributed by atoms with E-state index in [1.807, 2.05) is 25.1 Å². The van der Waals surface area contributed by atoms with E-state index in [1.165, 1.54) is 0 Å². The Bertz CT molecular complexity index is 539. The van der Waals surface area contributed by atoms with E-state index >= 15 is 0 Å². The Morgan fingerprint density at radius 2 is 2.16 bits per heavy atom. The fraction of sp³-hybridized carbons (Fsp3) is 0.214. The van der Waals surface area contributed by atoms with Crippen molar-refractivity contribution in [1.29, 1.82) is 0 Å². The first-order valence-corrected chi connectivity index (χ1v) is 6.06. The largest absolute Gasteiger partial charge is 0.397 e. The molecule has 0 aromatic carbocycles. The van der Waals surface area contributed by atoms with Gasteiger partial charge < -0.3 is 11.1 Å². The molecule has 0 spiro atoms. The molecule has 1 amide bonds. The van der Waals surface area contributed by atoms with Gasteiger partial charge in [0.25, 0.3) is 0 Å². The number of nitrogens with zero attached hydrogens (tertiary/aromatic N) is 2. The molecule has 0 saturated carbocycles. The molecule has 0 bridgehead atoms. The second-order valence-corrected chi connectivity index (χ2v) is 4.30. The second kappa shape index (κ2) is 5.95. The van der Waals surface area contributed by atoms with Gasteiger partial charge in [0.1, 0.15) is 0 Å². The van der Waals surface area contributed by atoms with Gasteiger partial charge in [-0.1, -0.05) is 6.07 Å². The number of nitrogens with one attached hydrogen (secondary N) is 1. The van der Waals surface area contributed by atoms with Crippen LogP contribution in [0.1, 0.15) is 24.4 Å². The second-order valence-electron chi connectivity index (χ2n) is 4.30. The highest BCUT2D eigenvalue weighted by Crippen LogP contribution is 2.08. The number of rotatable bonds is 4. The monoisotopic (exact) mass is 256 g/mol. The molecule has 0 fully saturated rings. The van der Waals surface area contributed by atoms with Crippen LogP contribution in [0.2, 0.25) is 0 Å². The molecule has 2 heterocycles. The quantitative estimate of drug-likeness (QED) is 0.868. The Balaban J connectivity index is 1.93. The highest BCUT2D eigenvalue weighted by Gasteiger charge is 2.11. The predicted octanol–water partition coefficient (Wildman–Crippen LogP) is 1.48. The Hall–Kier alpha value is -2.43. The van der Waals surface area contributed by atoms with Crippen LogP contribution in [0.25, 0.3) is 0 Å². The lowest BCUT2D eigenvalue weighted by atomic mass is 10.2. The topological polar surface area (TPSA) is 80.9 Å². The zero-order valence-electron chi connectivity index (χ0n) is 10.7. The summed E-state index contributed by atoms with van der Waals surface area (Å²) in [5.41, 5.74) is 7.66. The van der Waals surface area contributed by atoms with E-state index in [2.05, 4.69) is 15.3 Å². The Morgan fingerprint density at radius 1 is 1.32 bits per heavy atom. The lowest BCUT2D eigenvalue weighted by Crippen LogP contribution is -2.28. The van der Waals surface area contributed by atoms with Crippen molar-refractivity contribution in [3.63, 3.8) is 0 Å². The summed E-state index contributed by atoms with van der Waals surface area (Å²) >= 11 is 0. The molecule has 1 atom stereocenters. The summed E-state index contributed by atoms with van der Waals surface area (Å²) in [5, 5.41) is 2.89. The molecule has 0 aliphatic rings. The molecular formula is C14H16N4O. The molecule has 2 aromatic rings. The van der Waals surface area contributed by atoms with Gasteiger partial charge >= 0.3 is 0 Å². The number of carbonyl (C=O) groups is 1. The van der Waals surface area contributed by atoms with E-state index < -0.39 is 0 Å². The molecule has 2 aromatic heterocycles. The third-order valence-electron chi connectivity index (χ3n) is 2.70. The number of pyridine rings is 2. The lowest BCUT2D eigenvalue weighted by molar-refractivity contribution is -0.121. The molecule has 98 valence electrons. The van der Waals surface area contributed by atoms with Crippen molar-refractivity contribution >= 4 is 11.6 Å². The number of anilines is 1. The van der Waals surface area contributed by atoms with Crippen LogP contribution in [0, 0.1) is 0 Å². The van der Waals surface area contributed by atoms with Gasteiger partial charge in [0.05, 0.1) is 30.0 Å². The number of amides is 1. The van der Waals surface area contributed by atoms with E-state index in [1.54, 1.807) is 24.5 Å². The minimum Gasteiger partial charge on any atom is -0.397 e. The number of carbonyl (C=O) groups excluding carboxylic acids is 1. The van der Waals surface area contributed by atoms with Crippen molar-refractivity contribution in [2.45, 2.75) is 19.4 Å². The Morgan fingerprint density at radius 3 is 2.79 bits per heavy atom. The summed E-state index contributed by atoms with van der Waals surface area (Å²) in [6.07, 6.45) is 3.49. The first-order valence-electron chi connectivity index (χ1n) is 6.06. The van der Waals surface area contributed by atoms with Crippen LogP contribution >= 0.6 is 0 Å². The van der Waals surface area contributed by atoms with Crippen LogP contribution in [-0.4, -0.2) is 15.9 Å². The van der Waals surface area contributed by atoms with E-state index in [4.69, 9.17) is 5.73 Å². The van der Waals surface area contributed by atoms with E-state index in [9.17, 15) is 4.79 Å². The van der Waals surface area contributed by atoms with E-state index in [-0.39, 0.29) is 18.4 Å². The average molecular weight is 256 g/mol. The van der Waals surface area contributed by atoms with Gasteiger partial charge in [-0.15, -0.1) is 0 Å². The van der Waals surface area contributed by atoms with Crippen molar-refractivity contribution in [3.05, 3.63) is 54.1 Å². The first kappa shape index (κ1) is 13.0. The Kier molecular flexibility index (Phi) is 4.07. The van der Waals surface area contributed by atoms with Gasteiger partial charge in [-0.2, -0.15) is 0 Å². The van der Waals surface area contributed by atoms with Crippen molar-refractivity contribution in [2.75, 3.05) is 5.73 Å². The van der Waals surface area contributed by atoms with Crippen molar-refractivity contribution in [2.24, 2.45) is 0 Å². The number of hydrogen-bond donors (Lipinski definition) is 2. The summed E-state index contributed by atoms with van der Waals surface area (Å²) < 4.78 is 0. The summed E-state index contributed by atoms with van der Waals surface area (Å²) in [6.45, 7) is 1.90. The maximum atomic E-state index is 11.9. The van der Waals surface area contributed by atoms with Gasteiger partial charge in [-0.25, -0.2) is 0 Å². The fourth-order valence-corrected chi connectivity index (χ4v) is 1.70. The van der Waals surface area contributed by atoms with E-state index in [0.29, 0.717) is 11.4 Å². The third-order valence-corrected chi connectivity index (χ3v) is 2.70. The third kappa shape index (κ3) is 3.77. The predicted molar refractivity (Wildman–Crippen MR) is 73.1 cm³/mol. The summed E-state index contributed by atoms with van der Waals surface area (Å²) in [5.74, 6) is -0.0876. The molecule has 19 heavy (non-hydrogen) atoms. The lowest BCUT2D eigenvalue weighted by Gasteiger charge is -2.13. The van der Waals surface area contributed by atoms with Crippen molar-refractivity contribution in [3.8, 4) is 0 Å². The summed E-state index contributed by atoms with van der Waals surface area (Å²) in [4.78, 5) is 20.2. The average Bonchev–Trinajstić information content (AvgIpc) is 2.42. The number of nitrogens with two attached hydrogens (primary N) is 1. The number of hydrogen-bond acceptors (Lipinski definition) is 4. The molecule has 0 radical (unpaired) electrons. The highest BCUT2D eigenvalue weighted by atomic mass is 16.1. The van der Waals surface area contributed by atoms with Gasteiger partial charge in [0.2, 0.25) is 5.91 Å². The molecule has 5 nitrogen and oxygen atoms in total. The maximum Gasteiger partial charge on any atom is 0.226 e. The SMILES string of the molecule is C[C@@H](NC(=O)Cc1ccc(N)cn1)c1ccccn1. The zero-order valence-corrected chi connectivity index (χ0v) is 10.7. The van der Waals surface area contributed by atoms with Crippen LogP contribution in [0.5, 0.6) is 0 Å². The minimum absolute atomic E-state index is 0.0876. The van der Waals surface area contributed by atoms with Gasteiger partial charge in [0, 0.05) is 11.9 Å². The number of aromatic nitrogens is 2. The van der Waals surface area contributed by atoms with Crippen LogP contribution in [-0.2, 0) is 11.2 Å². The van der Waals surface area contributed by atoms with Gasteiger partial charge in [-0.3, -0.25) is 14.8 Å². The molecule has 2 rings (SSSR count). The number of nitrogen functional groups attached to an aromatic ring is 1. The maximum absolute atomic E-state index is 11.9. The Labute approximate surface area is 111 Å². The smallest absolute Gasteiger partial charge is 0.226 e. The summed E-state index contributed by atoms with van der Waals surface area (Å²) in [6, 6.07) is 8.98.